The number of amides is 1. The Balaban J connectivity index is 1.77. The average Bonchev–Trinajstić information content (AvgIpc) is 3.18. The van der Waals surface area contributed by atoms with E-state index in [9.17, 15) is 4.79 Å². The summed E-state index contributed by atoms with van der Waals surface area (Å²) >= 11 is 0. The van der Waals surface area contributed by atoms with E-state index < -0.39 is 5.91 Å². The minimum Gasteiger partial charge on any atom is -0.497 e. The van der Waals surface area contributed by atoms with Gasteiger partial charge in [-0.2, -0.15) is 5.21 Å². The molecule has 2 aromatic heterocycles. The van der Waals surface area contributed by atoms with Crippen molar-refractivity contribution in [2.75, 3.05) is 12.4 Å². The fourth-order valence-electron chi connectivity index (χ4n) is 1.65. The lowest BCUT2D eigenvalue weighted by molar-refractivity contribution is 0.101. The van der Waals surface area contributed by atoms with E-state index in [4.69, 9.17) is 9.26 Å². The van der Waals surface area contributed by atoms with Crippen molar-refractivity contribution in [1.82, 2.24) is 25.8 Å². The number of rotatable bonds is 4. The zero-order chi connectivity index (χ0) is 14.7. The standard InChI is InChI=1S/C12H10N6O3/c1-20-8-4-2-7(3-5-8)10-6-9(16-21-10)11(19)13-12-14-17-18-15-12/h2-6H,1H3,(H2,13,14,15,17,18,19). The Bertz CT molecular complexity index is 735. The first-order valence-corrected chi connectivity index (χ1v) is 5.92. The van der Waals surface area contributed by atoms with Gasteiger partial charge in [-0.25, -0.2) is 0 Å². The van der Waals surface area contributed by atoms with E-state index >= 15 is 0 Å². The van der Waals surface area contributed by atoms with Gasteiger partial charge in [-0.15, -0.1) is 5.10 Å². The van der Waals surface area contributed by atoms with Gasteiger partial charge in [-0.1, -0.05) is 10.3 Å². The van der Waals surface area contributed by atoms with E-state index in [0.717, 1.165) is 11.3 Å². The second-order valence-electron chi connectivity index (χ2n) is 3.99. The molecular weight excluding hydrogens is 276 g/mol. The fraction of sp³-hybridized carbons (Fsp3) is 0.0833. The lowest BCUT2D eigenvalue weighted by Crippen LogP contribution is -2.13. The number of carbonyl (C=O) groups is 1. The Morgan fingerprint density at radius 3 is 2.81 bits per heavy atom. The van der Waals surface area contributed by atoms with Gasteiger partial charge in [0, 0.05) is 11.6 Å². The van der Waals surface area contributed by atoms with Crippen LogP contribution in [0.1, 0.15) is 10.5 Å². The molecule has 9 nitrogen and oxygen atoms in total. The molecule has 106 valence electrons. The highest BCUT2D eigenvalue weighted by molar-refractivity contribution is 6.02. The van der Waals surface area contributed by atoms with Gasteiger partial charge in [-0.3, -0.25) is 10.1 Å². The number of H-pyrrole nitrogens is 1. The van der Waals surface area contributed by atoms with Gasteiger partial charge in [0.05, 0.1) is 7.11 Å². The number of hydrogen-bond acceptors (Lipinski definition) is 7. The number of benzene rings is 1. The molecule has 0 saturated carbocycles. The fourth-order valence-corrected chi connectivity index (χ4v) is 1.65. The van der Waals surface area contributed by atoms with Crippen molar-refractivity contribution >= 4 is 11.9 Å². The number of aromatic nitrogens is 5. The van der Waals surface area contributed by atoms with Gasteiger partial charge in [0.25, 0.3) is 11.9 Å². The lowest BCUT2D eigenvalue weighted by Gasteiger charge is -1.99. The van der Waals surface area contributed by atoms with Crippen LogP contribution in [-0.2, 0) is 0 Å². The SMILES string of the molecule is COc1ccc(-c2cc(C(=O)Nc3nn[nH]n3)no2)cc1. The normalized spacial score (nSPS) is 10.3. The molecule has 9 heteroatoms. The van der Waals surface area contributed by atoms with E-state index in [-0.39, 0.29) is 11.6 Å². The van der Waals surface area contributed by atoms with E-state index in [2.05, 4.69) is 31.1 Å². The number of hydrogen-bond donors (Lipinski definition) is 2. The summed E-state index contributed by atoms with van der Waals surface area (Å²) in [6, 6.07) is 8.71. The predicted octanol–water partition coefficient (Wildman–Crippen LogP) is 1.12. The molecule has 3 rings (SSSR count). The molecule has 0 unspecified atom stereocenters. The topological polar surface area (TPSA) is 119 Å². The minimum absolute atomic E-state index is 0.0639. The number of aromatic amines is 1. The van der Waals surface area contributed by atoms with Crippen LogP contribution in [0.15, 0.2) is 34.9 Å². The second-order valence-corrected chi connectivity index (χ2v) is 3.99. The predicted molar refractivity (Wildman–Crippen MR) is 70.6 cm³/mol. The number of anilines is 1. The van der Waals surface area contributed by atoms with Gasteiger partial charge in [0.1, 0.15) is 5.75 Å². The molecule has 2 heterocycles. The molecule has 0 spiro atoms. The number of nitrogens with zero attached hydrogens (tertiary/aromatic N) is 4. The maximum Gasteiger partial charge on any atom is 0.280 e. The number of ether oxygens (including phenoxy) is 1. The quantitative estimate of drug-likeness (QED) is 0.737. The Kier molecular flexibility index (Phi) is 3.29. The van der Waals surface area contributed by atoms with Gasteiger partial charge in [0.15, 0.2) is 11.5 Å². The zero-order valence-electron chi connectivity index (χ0n) is 10.9. The molecule has 0 radical (unpaired) electrons. The maximum absolute atomic E-state index is 11.9. The van der Waals surface area contributed by atoms with Crippen LogP contribution in [0.3, 0.4) is 0 Å². The molecule has 0 atom stereocenters. The van der Waals surface area contributed by atoms with Gasteiger partial charge in [-0.05, 0) is 29.5 Å². The third kappa shape index (κ3) is 2.71. The Morgan fingerprint density at radius 2 is 2.14 bits per heavy atom. The van der Waals surface area contributed by atoms with Crippen molar-refractivity contribution < 1.29 is 14.1 Å². The third-order valence-corrected chi connectivity index (χ3v) is 2.69. The highest BCUT2D eigenvalue weighted by atomic mass is 16.5. The molecule has 0 bridgehead atoms. The number of methoxy groups -OCH3 is 1. The molecule has 0 aliphatic carbocycles. The minimum atomic E-state index is -0.486. The van der Waals surface area contributed by atoms with E-state index in [1.54, 1.807) is 31.4 Å². The van der Waals surface area contributed by atoms with Crippen molar-refractivity contribution in [3.05, 3.63) is 36.0 Å². The van der Waals surface area contributed by atoms with Crippen molar-refractivity contribution in [2.45, 2.75) is 0 Å². The summed E-state index contributed by atoms with van der Waals surface area (Å²) in [4.78, 5) is 11.9. The van der Waals surface area contributed by atoms with Crippen molar-refractivity contribution in [2.24, 2.45) is 0 Å². The molecule has 1 aromatic carbocycles. The molecule has 3 aromatic rings. The summed E-state index contributed by atoms with van der Waals surface area (Å²) in [5.41, 5.74) is 0.896. The number of carbonyl (C=O) groups excluding carboxylic acids is 1. The van der Waals surface area contributed by atoms with E-state index in [1.165, 1.54) is 6.07 Å². The molecule has 2 N–H and O–H groups in total. The molecule has 0 saturated heterocycles. The Hall–Kier alpha value is -3.23. The van der Waals surface area contributed by atoms with Crippen LogP contribution in [0.4, 0.5) is 5.95 Å². The summed E-state index contributed by atoms with van der Waals surface area (Å²) in [5, 5.41) is 18.9. The molecule has 0 aliphatic rings. The molecule has 1 amide bonds. The van der Waals surface area contributed by atoms with Crippen LogP contribution >= 0.6 is 0 Å². The molecular formula is C12H10N6O3. The van der Waals surface area contributed by atoms with Gasteiger partial charge in [0.2, 0.25) is 0 Å². The highest BCUT2D eigenvalue weighted by Gasteiger charge is 2.15. The largest absolute Gasteiger partial charge is 0.497 e. The Morgan fingerprint density at radius 1 is 1.33 bits per heavy atom. The van der Waals surface area contributed by atoms with Gasteiger partial charge < -0.3 is 9.26 Å². The molecule has 21 heavy (non-hydrogen) atoms. The van der Waals surface area contributed by atoms with E-state index in [1.807, 2.05) is 0 Å². The Labute approximate surface area is 118 Å². The number of nitrogens with one attached hydrogen (secondary N) is 2. The average molecular weight is 286 g/mol. The zero-order valence-corrected chi connectivity index (χ0v) is 10.9. The molecule has 0 fully saturated rings. The summed E-state index contributed by atoms with van der Waals surface area (Å²) in [7, 11) is 1.59. The first-order chi connectivity index (χ1) is 10.3. The van der Waals surface area contributed by atoms with Crippen molar-refractivity contribution in [1.29, 1.82) is 0 Å². The molecule has 0 aliphatic heterocycles. The van der Waals surface area contributed by atoms with Crippen LogP contribution in [0, 0.1) is 0 Å². The van der Waals surface area contributed by atoms with Crippen LogP contribution < -0.4 is 10.1 Å². The summed E-state index contributed by atoms with van der Waals surface area (Å²) in [6.45, 7) is 0. The highest BCUT2D eigenvalue weighted by Crippen LogP contribution is 2.23. The van der Waals surface area contributed by atoms with Crippen LogP contribution in [0.25, 0.3) is 11.3 Å². The van der Waals surface area contributed by atoms with E-state index in [0.29, 0.717) is 5.76 Å². The second kappa shape index (κ2) is 5.41. The first kappa shape index (κ1) is 12.8. The lowest BCUT2D eigenvalue weighted by atomic mass is 10.1. The maximum atomic E-state index is 11.9. The van der Waals surface area contributed by atoms with Crippen molar-refractivity contribution in [3.63, 3.8) is 0 Å². The van der Waals surface area contributed by atoms with Crippen LogP contribution in [0.2, 0.25) is 0 Å². The number of tetrazole rings is 1. The van der Waals surface area contributed by atoms with Crippen molar-refractivity contribution in [3.8, 4) is 17.1 Å². The van der Waals surface area contributed by atoms with Gasteiger partial charge >= 0.3 is 0 Å². The first-order valence-electron chi connectivity index (χ1n) is 5.92. The summed E-state index contributed by atoms with van der Waals surface area (Å²) < 4.78 is 10.2. The monoisotopic (exact) mass is 286 g/mol. The summed E-state index contributed by atoms with van der Waals surface area (Å²) in [5.74, 6) is 0.776. The summed E-state index contributed by atoms with van der Waals surface area (Å²) in [6.07, 6.45) is 0. The smallest absolute Gasteiger partial charge is 0.280 e. The van der Waals surface area contributed by atoms with Crippen LogP contribution in [0.5, 0.6) is 5.75 Å². The third-order valence-electron chi connectivity index (χ3n) is 2.69. The van der Waals surface area contributed by atoms with Crippen LogP contribution in [-0.4, -0.2) is 38.8 Å².